The zero-order chi connectivity index (χ0) is 21.5. The molecule has 31 heavy (non-hydrogen) atoms. The number of anilines is 1. The molecule has 2 aromatic carbocycles. The summed E-state index contributed by atoms with van der Waals surface area (Å²) in [4.78, 5) is 27.1. The van der Waals surface area contributed by atoms with Gasteiger partial charge in [0.2, 0.25) is 5.91 Å². The molecular formula is C25H28N4O2. The Morgan fingerprint density at radius 3 is 2.45 bits per heavy atom. The molecule has 160 valence electrons. The normalized spacial score (nSPS) is 15.7. The van der Waals surface area contributed by atoms with Crippen LogP contribution in [0.2, 0.25) is 0 Å². The summed E-state index contributed by atoms with van der Waals surface area (Å²) in [6.07, 6.45) is 4.40. The Morgan fingerprint density at radius 2 is 1.74 bits per heavy atom. The average Bonchev–Trinajstić information content (AvgIpc) is 3.30. The smallest absolute Gasteiger partial charge is 0.269 e. The molecule has 6 nitrogen and oxygen atoms in total. The number of carbonyl (C=O) groups excluding carboxylic acids is 1. The van der Waals surface area contributed by atoms with Crippen LogP contribution in [0.4, 0.5) is 5.69 Å². The van der Waals surface area contributed by atoms with Crippen molar-refractivity contribution >= 4 is 11.6 Å². The third kappa shape index (κ3) is 5.60. The van der Waals surface area contributed by atoms with E-state index in [0.29, 0.717) is 19.6 Å². The van der Waals surface area contributed by atoms with Crippen molar-refractivity contribution in [1.29, 1.82) is 0 Å². The minimum atomic E-state index is -0.129. The van der Waals surface area contributed by atoms with E-state index in [-0.39, 0.29) is 17.4 Å². The molecule has 0 saturated carbocycles. The highest BCUT2D eigenvalue weighted by Crippen LogP contribution is 2.22. The number of nitrogens with zero attached hydrogens (tertiary/aromatic N) is 3. The lowest BCUT2D eigenvalue weighted by atomic mass is 10.1. The molecule has 1 aromatic heterocycles. The maximum atomic E-state index is 12.5. The molecule has 4 rings (SSSR count). The van der Waals surface area contributed by atoms with Crippen molar-refractivity contribution < 1.29 is 4.79 Å². The lowest BCUT2D eigenvalue weighted by Gasteiger charge is -2.18. The SMILES string of the molecule is O=C(NCCCc1ccccc1)C1CCN(c2cnn(Cc3ccccc3)c(=O)c2)C1. The second kappa shape index (κ2) is 10.1. The maximum absolute atomic E-state index is 12.5. The molecule has 6 heteroatoms. The first kappa shape index (κ1) is 20.8. The third-order valence-electron chi connectivity index (χ3n) is 5.74. The van der Waals surface area contributed by atoms with Crippen LogP contribution in [0.5, 0.6) is 0 Å². The van der Waals surface area contributed by atoms with Crippen LogP contribution in [-0.4, -0.2) is 35.3 Å². The molecule has 2 heterocycles. The zero-order valence-corrected chi connectivity index (χ0v) is 17.6. The highest BCUT2D eigenvalue weighted by atomic mass is 16.2. The summed E-state index contributed by atoms with van der Waals surface area (Å²) in [5, 5.41) is 7.41. The van der Waals surface area contributed by atoms with Gasteiger partial charge in [-0.15, -0.1) is 0 Å². The highest BCUT2D eigenvalue weighted by Gasteiger charge is 2.28. The minimum Gasteiger partial charge on any atom is -0.369 e. The van der Waals surface area contributed by atoms with E-state index >= 15 is 0 Å². The van der Waals surface area contributed by atoms with Crippen molar-refractivity contribution in [3.05, 3.63) is 94.4 Å². The topological polar surface area (TPSA) is 67.2 Å². The monoisotopic (exact) mass is 416 g/mol. The van der Waals surface area contributed by atoms with Crippen LogP contribution in [0.25, 0.3) is 0 Å². The molecule has 0 spiro atoms. The number of amides is 1. The zero-order valence-electron chi connectivity index (χ0n) is 17.6. The molecule has 1 unspecified atom stereocenters. The number of aryl methyl sites for hydroxylation is 1. The molecular weight excluding hydrogens is 388 g/mol. The van der Waals surface area contributed by atoms with Crippen molar-refractivity contribution in [2.75, 3.05) is 24.5 Å². The van der Waals surface area contributed by atoms with Gasteiger partial charge in [0, 0.05) is 25.7 Å². The molecule has 1 amide bonds. The van der Waals surface area contributed by atoms with Gasteiger partial charge in [0.25, 0.3) is 5.56 Å². The van der Waals surface area contributed by atoms with Gasteiger partial charge in [0.15, 0.2) is 0 Å². The van der Waals surface area contributed by atoms with E-state index < -0.39 is 0 Å². The lowest BCUT2D eigenvalue weighted by molar-refractivity contribution is -0.124. The molecule has 1 N–H and O–H groups in total. The van der Waals surface area contributed by atoms with E-state index in [2.05, 4.69) is 27.4 Å². The number of benzene rings is 2. The summed E-state index contributed by atoms with van der Waals surface area (Å²) in [5.41, 5.74) is 2.98. The first-order valence-corrected chi connectivity index (χ1v) is 10.9. The largest absolute Gasteiger partial charge is 0.369 e. The van der Waals surface area contributed by atoms with Gasteiger partial charge >= 0.3 is 0 Å². The molecule has 1 aliphatic heterocycles. The Morgan fingerprint density at radius 1 is 1.03 bits per heavy atom. The fourth-order valence-corrected chi connectivity index (χ4v) is 3.97. The van der Waals surface area contributed by atoms with Crippen LogP contribution in [0.15, 0.2) is 77.7 Å². The Kier molecular flexibility index (Phi) is 6.77. The Labute approximate surface area is 182 Å². The second-order valence-corrected chi connectivity index (χ2v) is 8.01. The number of carbonyl (C=O) groups is 1. The molecule has 3 aromatic rings. The Hall–Kier alpha value is -3.41. The fourth-order valence-electron chi connectivity index (χ4n) is 3.97. The quantitative estimate of drug-likeness (QED) is 0.574. The van der Waals surface area contributed by atoms with Gasteiger partial charge in [-0.2, -0.15) is 5.10 Å². The van der Waals surface area contributed by atoms with E-state index in [1.807, 2.05) is 48.5 Å². The number of hydrogen-bond donors (Lipinski definition) is 1. The van der Waals surface area contributed by atoms with Gasteiger partial charge in [-0.25, -0.2) is 4.68 Å². The van der Waals surface area contributed by atoms with Crippen molar-refractivity contribution in [3.63, 3.8) is 0 Å². The van der Waals surface area contributed by atoms with E-state index in [1.165, 1.54) is 10.2 Å². The van der Waals surface area contributed by atoms with Gasteiger partial charge in [-0.05, 0) is 30.4 Å². The van der Waals surface area contributed by atoms with E-state index in [0.717, 1.165) is 37.1 Å². The predicted octanol–water partition coefficient (Wildman–Crippen LogP) is 2.87. The number of aromatic nitrogens is 2. The number of nitrogens with one attached hydrogen (secondary N) is 1. The number of rotatable bonds is 8. The number of hydrogen-bond acceptors (Lipinski definition) is 4. The van der Waals surface area contributed by atoms with E-state index in [1.54, 1.807) is 12.3 Å². The highest BCUT2D eigenvalue weighted by molar-refractivity contribution is 5.80. The van der Waals surface area contributed by atoms with Gasteiger partial charge in [-0.3, -0.25) is 9.59 Å². The van der Waals surface area contributed by atoms with Crippen molar-refractivity contribution in [1.82, 2.24) is 15.1 Å². The third-order valence-corrected chi connectivity index (χ3v) is 5.74. The Bertz CT molecular complexity index is 1050. The predicted molar refractivity (Wildman–Crippen MR) is 122 cm³/mol. The van der Waals surface area contributed by atoms with Gasteiger partial charge in [0.1, 0.15) is 0 Å². The van der Waals surface area contributed by atoms with Gasteiger partial charge in [-0.1, -0.05) is 60.7 Å². The van der Waals surface area contributed by atoms with Crippen molar-refractivity contribution in [2.24, 2.45) is 5.92 Å². The van der Waals surface area contributed by atoms with Gasteiger partial charge < -0.3 is 10.2 Å². The molecule has 0 bridgehead atoms. The second-order valence-electron chi connectivity index (χ2n) is 8.01. The van der Waals surface area contributed by atoms with Crippen molar-refractivity contribution in [2.45, 2.75) is 25.8 Å². The van der Waals surface area contributed by atoms with Crippen LogP contribution in [0.1, 0.15) is 24.0 Å². The summed E-state index contributed by atoms with van der Waals surface area (Å²) in [5.74, 6) is 0.0458. The average molecular weight is 417 g/mol. The summed E-state index contributed by atoms with van der Waals surface area (Å²) in [6, 6.07) is 21.7. The molecule has 0 aliphatic carbocycles. The van der Waals surface area contributed by atoms with Gasteiger partial charge in [0.05, 0.1) is 24.3 Å². The standard InChI is InChI=1S/C25H28N4O2/c30-24-16-23(17-27-29(24)18-21-10-5-2-6-11-21)28-15-13-22(19-28)25(31)26-14-7-12-20-8-3-1-4-9-20/h1-6,8-11,16-17,22H,7,12-15,18-19H2,(H,26,31). The van der Waals surface area contributed by atoms with Crippen LogP contribution >= 0.6 is 0 Å². The molecule has 1 aliphatic rings. The summed E-state index contributed by atoms with van der Waals surface area (Å²) >= 11 is 0. The van der Waals surface area contributed by atoms with Crippen molar-refractivity contribution in [3.8, 4) is 0 Å². The Balaban J connectivity index is 1.26. The van der Waals surface area contributed by atoms with E-state index in [9.17, 15) is 9.59 Å². The van der Waals surface area contributed by atoms with Crippen LogP contribution < -0.4 is 15.8 Å². The van der Waals surface area contributed by atoms with E-state index in [4.69, 9.17) is 0 Å². The molecule has 0 radical (unpaired) electrons. The van der Waals surface area contributed by atoms with Crippen LogP contribution in [0, 0.1) is 5.92 Å². The summed E-state index contributed by atoms with van der Waals surface area (Å²) in [6.45, 7) is 2.51. The molecule has 1 fully saturated rings. The summed E-state index contributed by atoms with van der Waals surface area (Å²) in [7, 11) is 0. The molecule has 1 saturated heterocycles. The van der Waals surface area contributed by atoms with Crippen LogP contribution in [-0.2, 0) is 17.8 Å². The fraction of sp³-hybridized carbons (Fsp3) is 0.320. The first-order chi connectivity index (χ1) is 15.2. The summed E-state index contributed by atoms with van der Waals surface area (Å²) < 4.78 is 1.46. The lowest BCUT2D eigenvalue weighted by Crippen LogP contribution is -2.34. The maximum Gasteiger partial charge on any atom is 0.269 e. The molecule has 1 atom stereocenters. The first-order valence-electron chi connectivity index (χ1n) is 10.9. The minimum absolute atomic E-state index is 0.0523. The van der Waals surface area contributed by atoms with Crippen LogP contribution in [0.3, 0.4) is 0 Å².